The molecule has 4 nitrogen and oxygen atoms in total. The maximum atomic E-state index is 11.5. The van der Waals surface area contributed by atoms with Crippen molar-refractivity contribution in [2.24, 2.45) is 0 Å². The molecule has 5 heteroatoms. The predicted octanol–water partition coefficient (Wildman–Crippen LogP) is 3.00. The number of carboxylic acids is 1. The quantitative estimate of drug-likeness (QED) is 0.524. The second kappa shape index (κ2) is 7.38. The first-order valence-electron chi connectivity index (χ1n) is 7.15. The number of rotatable bonds is 5. The van der Waals surface area contributed by atoms with Crippen LogP contribution in [0.5, 0.6) is 0 Å². The third kappa shape index (κ3) is 4.52. The van der Waals surface area contributed by atoms with Gasteiger partial charge in [0.1, 0.15) is 11.8 Å². The van der Waals surface area contributed by atoms with Crippen LogP contribution in [-0.4, -0.2) is 27.9 Å². The summed E-state index contributed by atoms with van der Waals surface area (Å²) in [6.07, 6.45) is 6.39. The highest BCUT2D eigenvalue weighted by Gasteiger charge is 2.40. The number of aliphatic hydroxyl groups excluding tert-OH is 1. The molecule has 1 fully saturated rings. The fraction of sp³-hybridized carbons (Fsp3) is 0.438. The van der Waals surface area contributed by atoms with Gasteiger partial charge in [0.15, 0.2) is 0 Å². The molecule has 0 saturated heterocycles. The van der Waals surface area contributed by atoms with Crippen LogP contribution in [0.1, 0.15) is 37.7 Å². The minimum Gasteiger partial charge on any atom is -0.480 e. The van der Waals surface area contributed by atoms with Crippen LogP contribution >= 0.6 is 22.6 Å². The topological polar surface area (TPSA) is 69.6 Å². The zero-order valence-corrected chi connectivity index (χ0v) is 13.9. The molecule has 1 aromatic carbocycles. The molecule has 1 unspecified atom stereocenters. The number of aliphatic carboxylic acids is 1. The van der Waals surface area contributed by atoms with Crippen molar-refractivity contribution in [2.75, 3.05) is 0 Å². The molecule has 3 N–H and O–H groups in total. The first kappa shape index (κ1) is 16.5. The lowest BCUT2D eigenvalue weighted by atomic mass is 9.81. The van der Waals surface area contributed by atoms with E-state index in [9.17, 15) is 15.0 Å². The normalized spacial score (nSPS) is 19.5. The molecule has 0 spiro atoms. The molecule has 0 heterocycles. The molecule has 2 rings (SSSR count). The standard InChI is InChI=1S/C16H20INO3/c17-13-7-4-12(5-8-13)6-9-14(19)18-16(15(20)21)10-2-1-3-11-16/h4-9,14,18-19H,1-3,10-11H2,(H,20,21). The minimum absolute atomic E-state index is 0.566. The van der Waals surface area contributed by atoms with Gasteiger partial charge >= 0.3 is 5.97 Å². The highest BCUT2D eigenvalue weighted by molar-refractivity contribution is 14.1. The number of halogens is 1. The zero-order valence-electron chi connectivity index (χ0n) is 11.8. The average molecular weight is 401 g/mol. The Kier molecular flexibility index (Phi) is 5.78. The number of hydrogen-bond acceptors (Lipinski definition) is 3. The Morgan fingerprint density at radius 3 is 2.43 bits per heavy atom. The van der Waals surface area contributed by atoms with E-state index in [0.29, 0.717) is 12.8 Å². The Balaban J connectivity index is 2.00. The Morgan fingerprint density at radius 2 is 1.86 bits per heavy atom. The summed E-state index contributed by atoms with van der Waals surface area (Å²) >= 11 is 2.23. The molecule has 1 aliphatic carbocycles. The van der Waals surface area contributed by atoms with Crippen molar-refractivity contribution in [2.45, 2.75) is 43.9 Å². The molecule has 0 amide bonds. The fourth-order valence-corrected chi connectivity index (χ4v) is 3.04. The lowest BCUT2D eigenvalue weighted by Crippen LogP contribution is -2.56. The molecule has 0 aliphatic heterocycles. The molecule has 21 heavy (non-hydrogen) atoms. The molecule has 0 aromatic heterocycles. The van der Waals surface area contributed by atoms with Gasteiger partial charge in [0.2, 0.25) is 0 Å². The molecule has 1 aromatic rings. The Hall–Kier alpha value is -0.920. The molecule has 0 radical (unpaired) electrons. The van der Waals surface area contributed by atoms with E-state index >= 15 is 0 Å². The van der Waals surface area contributed by atoms with Crippen LogP contribution < -0.4 is 5.32 Å². The smallest absolute Gasteiger partial charge is 0.323 e. The van der Waals surface area contributed by atoms with Crippen molar-refractivity contribution in [3.05, 3.63) is 39.5 Å². The zero-order chi connectivity index (χ0) is 15.3. The minimum atomic E-state index is -0.992. The molecule has 0 bridgehead atoms. The highest BCUT2D eigenvalue weighted by atomic mass is 127. The summed E-state index contributed by atoms with van der Waals surface area (Å²) in [5.74, 6) is -0.871. The average Bonchev–Trinajstić information content (AvgIpc) is 2.47. The van der Waals surface area contributed by atoms with Crippen molar-refractivity contribution < 1.29 is 15.0 Å². The van der Waals surface area contributed by atoms with Gasteiger partial charge in [-0.05, 0) is 59.2 Å². The fourth-order valence-electron chi connectivity index (χ4n) is 2.68. The predicted molar refractivity (Wildman–Crippen MR) is 90.8 cm³/mol. The van der Waals surface area contributed by atoms with Gasteiger partial charge in [-0.3, -0.25) is 10.1 Å². The Labute approximate surface area is 138 Å². The van der Waals surface area contributed by atoms with Crippen LogP contribution in [0.15, 0.2) is 30.3 Å². The number of nitrogens with one attached hydrogen (secondary N) is 1. The van der Waals surface area contributed by atoms with Gasteiger partial charge in [0, 0.05) is 3.57 Å². The van der Waals surface area contributed by atoms with Crippen LogP contribution in [0.25, 0.3) is 6.08 Å². The highest BCUT2D eigenvalue weighted by Crippen LogP contribution is 2.29. The van der Waals surface area contributed by atoms with Crippen LogP contribution in [0.2, 0.25) is 0 Å². The van der Waals surface area contributed by atoms with Gasteiger partial charge in [-0.25, -0.2) is 0 Å². The summed E-state index contributed by atoms with van der Waals surface area (Å²) in [7, 11) is 0. The lowest BCUT2D eigenvalue weighted by molar-refractivity contribution is -0.147. The monoisotopic (exact) mass is 401 g/mol. The second-order valence-electron chi connectivity index (χ2n) is 5.45. The summed E-state index contributed by atoms with van der Waals surface area (Å²) in [6, 6.07) is 7.89. The molecule has 1 atom stereocenters. The third-order valence-electron chi connectivity index (χ3n) is 3.88. The molecular weight excluding hydrogens is 381 g/mol. The Morgan fingerprint density at radius 1 is 1.24 bits per heavy atom. The number of benzene rings is 1. The van der Waals surface area contributed by atoms with E-state index in [1.165, 1.54) is 0 Å². The maximum Gasteiger partial charge on any atom is 0.323 e. The van der Waals surface area contributed by atoms with E-state index in [-0.39, 0.29) is 0 Å². The van der Waals surface area contributed by atoms with Crippen LogP contribution in [-0.2, 0) is 4.79 Å². The van der Waals surface area contributed by atoms with Gasteiger partial charge in [-0.2, -0.15) is 0 Å². The van der Waals surface area contributed by atoms with Crippen molar-refractivity contribution in [1.29, 1.82) is 0 Å². The number of aliphatic hydroxyl groups is 1. The second-order valence-corrected chi connectivity index (χ2v) is 6.69. The molecule has 114 valence electrons. The van der Waals surface area contributed by atoms with E-state index in [2.05, 4.69) is 27.9 Å². The number of hydrogen-bond donors (Lipinski definition) is 3. The van der Waals surface area contributed by atoms with E-state index < -0.39 is 17.7 Å². The van der Waals surface area contributed by atoms with Crippen molar-refractivity contribution in [3.63, 3.8) is 0 Å². The summed E-state index contributed by atoms with van der Waals surface area (Å²) in [6.45, 7) is 0. The maximum absolute atomic E-state index is 11.5. The van der Waals surface area contributed by atoms with Crippen LogP contribution in [0, 0.1) is 3.57 Å². The van der Waals surface area contributed by atoms with Gasteiger partial charge in [-0.15, -0.1) is 0 Å². The van der Waals surface area contributed by atoms with E-state index in [0.717, 1.165) is 28.4 Å². The summed E-state index contributed by atoms with van der Waals surface area (Å²) < 4.78 is 1.15. The first-order chi connectivity index (χ1) is 10.0. The summed E-state index contributed by atoms with van der Waals surface area (Å²) in [5.41, 5.74) is -0.0158. The summed E-state index contributed by atoms with van der Waals surface area (Å²) in [5, 5.41) is 22.4. The van der Waals surface area contributed by atoms with Gasteiger partial charge in [0.25, 0.3) is 0 Å². The van der Waals surface area contributed by atoms with Gasteiger partial charge in [-0.1, -0.05) is 37.5 Å². The lowest BCUT2D eigenvalue weighted by Gasteiger charge is -2.35. The van der Waals surface area contributed by atoms with Crippen LogP contribution in [0.3, 0.4) is 0 Å². The SMILES string of the molecule is O=C(O)C1(NC(O)C=Cc2ccc(I)cc2)CCCCC1. The van der Waals surface area contributed by atoms with E-state index in [4.69, 9.17) is 0 Å². The van der Waals surface area contributed by atoms with Crippen molar-refractivity contribution in [3.8, 4) is 0 Å². The largest absolute Gasteiger partial charge is 0.480 e. The van der Waals surface area contributed by atoms with Gasteiger partial charge < -0.3 is 10.2 Å². The van der Waals surface area contributed by atoms with E-state index in [1.807, 2.05) is 24.3 Å². The Bertz CT molecular complexity index is 507. The van der Waals surface area contributed by atoms with Crippen molar-refractivity contribution >= 4 is 34.6 Å². The van der Waals surface area contributed by atoms with Crippen molar-refractivity contribution in [1.82, 2.24) is 5.32 Å². The molecule has 1 aliphatic rings. The molecule has 1 saturated carbocycles. The third-order valence-corrected chi connectivity index (χ3v) is 4.60. The first-order valence-corrected chi connectivity index (χ1v) is 8.23. The summed E-state index contributed by atoms with van der Waals surface area (Å²) in [4.78, 5) is 11.5. The van der Waals surface area contributed by atoms with Crippen LogP contribution in [0.4, 0.5) is 0 Å². The number of carboxylic acid groups (broad SMARTS) is 1. The van der Waals surface area contributed by atoms with Gasteiger partial charge in [0.05, 0.1) is 0 Å². The number of carbonyl (C=O) groups is 1. The molecular formula is C16H20INO3. The van der Waals surface area contributed by atoms with E-state index in [1.54, 1.807) is 12.2 Å².